The Morgan fingerprint density at radius 1 is 1.05 bits per heavy atom. The highest BCUT2D eigenvalue weighted by Gasteiger charge is 2.18. The van der Waals surface area contributed by atoms with Gasteiger partial charge in [0, 0.05) is 14.7 Å². The molecular weight excluding hydrogens is 359 g/mol. The molecule has 1 nitrogen and oxygen atoms in total. The highest BCUT2D eigenvalue weighted by molar-refractivity contribution is 14.1. The van der Waals surface area contributed by atoms with E-state index in [0.29, 0.717) is 0 Å². The number of rotatable bonds is 4. The van der Waals surface area contributed by atoms with Crippen LogP contribution in [0.4, 0.5) is 0 Å². The quantitative estimate of drug-likeness (QED) is 0.527. The topological polar surface area (TPSA) is 17.1 Å². The molecule has 2 heteroatoms. The fourth-order valence-electron chi connectivity index (χ4n) is 2.07. The van der Waals surface area contributed by atoms with Crippen LogP contribution in [-0.2, 0) is 5.41 Å². The van der Waals surface area contributed by atoms with Crippen molar-refractivity contribution >= 4 is 28.4 Å². The minimum Gasteiger partial charge on any atom is -0.289 e. The van der Waals surface area contributed by atoms with Gasteiger partial charge in [-0.05, 0) is 52.1 Å². The van der Waals surface area contributed by atoms with Crippen LogP contribution in [-0.4, -0.2) is 5.78 Å². The van der Waals surface area contributed by atoms with Crippen LogP contribution in [0.5, 0.6) is 0 Å². The standard InChI is InChI=1S/C18H19IO/c1-4-18(2,3)15-10-8-13(9-11-15)17(20)14-6-5-7-16(19)12-14/h5-12H,4H2,1-3H3. The first-order chi connectivity index (χ1) is 9.44. The Labute approximate surface area is 134 Å². The Kier molecular flexibility index (Phi) is 4.63. The van der Waals surface area contributed by atoms with Gasteiger partial charge in [0.2, 0.25) is 0 Å². The van der Waals surface area contributed by atoms with Gasteiger partial charge in [-0.1, -0.05) is 57.2 Å². The zero-order chi connectivity index (χ0) is 14.8. The zero-order valence-electron chi connectivity index (χ0n) is 12.1. The van der Waals surface area contributed by atoms with E-state index in [1.54, 1.807) is 0 Å². The summed E-state index contributed by atoms with van der Waals surface area (Å²) < 4.78 is 1.08. The lowest BCUT2D eigenvalue weighted by Crippen LogP contribution is -2.15. The van der Waals surface area contributed by atoms with Gasteiger partial charge in [-0.25, -0.2) is 0 Å². The minimum atomic E-state index is 0.0874. The SMILES string of the molecule is CCC(C)(C)c1ccc(C(=O)c2cccc(I)c2)cc1. The minimum absolute atomic E-state index is 0.0874. The van der Waals surface area contributed by atoms with Crippen molar-refractivity contribution in [2.75, 3.05) is 0 Å². The molecule has 0 radical (unpaired) electrons. The van der Waals surface area contributed by atoms with Crippen molar-refractivity contribution in [2.24, 2.45) is 0 Å². The summed E-state index contributed by atoms with van der Waals surface area (Å²) in [6, 6.07) is 15.7. The van der Waals surface area contributed by atoms with E-state index in [-0.39, 0.29) is 11.2 Å². The van der Waals surface area contributed by atoms with E-state index in [9.17, 15) is 4.79 Å². The van der Waals surface area contributed by atoms with Crippen molar-refractivity contribution in [3.8, 4) is 0 Å². The van der Waals surface area contributed by atoms with Crippen LogP contribution in [0.25, 0.3) is 0 Å². The van der Waals surface area contributed by atoms with Crippen LogP contribution in [0.1, 0.15) is 48.7 Å². The van der Waals surface area contributed by atoms with Gasteiger partial charge in [0.1, 0.15) is 0 Å². The van der Waals surface area contributed by atoms with E-state index in [2.05, 4.69) is 55.5 Å². The number of benzene rings is 2. The van der Waals surface area contributed by atoms with Crippen LogP contribution < -0.4 is 0 Å². The maximum absolute atomic E-state index is 12.4. The van der Waals surface area contributed by atoms with Crippen LogP contribution in [0, 0.1) is 3.57 Å². The largest absolute Gasteiger partial charge is 0.289 e. The molecule has 20 heavy (non-hydrogen) atoms. The normalized spacial score (nSPS) is 11.4. The van der Waals surface area contributed by atoms with Crippen molar-refractivity contribution in [3.63, 3.8) is 0 Å². The second-order valence-corrected chi connectivity index (χ2v) is 6.90. The lowest BCUT2D eigenvalue weighted by Gasteiger charge is -2.23. The fraction of sp³-hybridized carbons (Fsp3) is 0.278. The Morgan fingerprint density at radius 2 is 1.70 bits per heavy atom. The van der Waals surface area contributed by atoms with Gasteiger partial charge in [-0.3, -0.25) is 4.79 Å². The van der Waals surface area contributed by atoms with E-state index >= 15 is 0 Å². The predicted molar refractivity (Wildman–Crippen MR) is 92.4 cm³/mol. The van der Waals surface area contributed by atoms with E-state index in [1.807, 2.05) is 36.4 Å². The molecule has 2 rings (SSSR count). The van der Waals surface area contributed by atoms with Gasteiger partial charge in [-0.2, -0.15) is 0 Å². The summed E-state index contributed by atoms with van der Waals surface area (Å²) in [5, 5.41) is 0. The van der Waals surface area contributed by atoms with Crippen LogP contribution in [0.2, 0.25) is 0 Å². The summed E-state index contributed by atoms with van der Waals surface area (Å²) in [5.74, 6) is 0.0874. The zero-order valence-corrected chi connectivity index (χ0v) is 14.3. The first-order valence-corrected chi connectivity index (χ1v) is 7.93. The van der Waals surface area contributed by atoms with Crippen molar-refractivity contribution in [3.05, 3.63) is 68.8 Å². The molecule has 0 aromatic heterocycles. The van der Waals surface area contributed by atoms with Gasteiger partial charge in [-0.15, -0.1) is 0 Å². The third-order valence-corrected chi connectivity index (χ3v) is 4.57. The summed E-state index contributed by atoms with van der Waals surface area (Å²) in [6.07, 6.45) is 1.08. The van der Waals surface area contributed by atoms with Crippen molar-refractivity contribution in [1.82, 2.24) is 0 Å². The Morgan fingerprint density at radius 3 is 2.25 bits per heavy atom. The van der Waals surface area contributed by atoms with Crippen molar-refractivity contribution in [2.45, 2.75) is 32.6 Å². The average molecular weight is 378 g/mol. The molecule has 0 N–H and O–H groups in total. The first kappa shape index (κ1) is 15.2. The molecule has 0 aliphatic heterocycles. The molecule has 0 fully saturated rings. The van der Waals surface area contributed by atoms with Gasteiger partial charge < -0.3 is 0 Å². The van der Waals surface area contributed by atoms with E-state index < -0.39 is 0 Å². The monoisotopic (exact) mass is 378 g/mol. The van der Waals surface area contributed by atoms with E-state index in [1.165, 1.54) is 5.56 Å². The van der Waals surface area contributed by atoms with Gasteiger partial charge >= 0.3 is 0 Å². The summed E-state index contributed by atoms with van der Waals surface area (Å²) in [4.78, 5) is 12.4. The highest BCUT2D eigenvalue weighted by Crippen LogP contribution is 2.27. The number of ketones is 1. The number of hydrogen-bond acceptors (Lipinski definition) is 1. The lowest BCUT2D eigenvalue weighted by atomic mass is 9.82. The molecule has 0 saturated carbocycles. The fourth-order valence-corrected chi connectivity index (χ4v) is 2.62. The van der Waals surface area contributed by atoms with Crippen LogP contribution >= 0.6 is 22.6 Å². The third kappa shape index (κ3) is 3.29. The molecule has 0 atom stereocenters. The summed E-state index contributed by atoms with van der Waals surface area (Å²) in [6.45, 7) is 6.64. The molecule has 0 spiro atoms. The molecule has 0 amide bonds. The first-order valence-electron chi connectivity index (χ1n) is 6.85. The van der Waals surface area contributed by atoms with Crippen molar-refractivity contribution in [1.29, 1.82) is 0 Å². The molecule has 104 valence electrons. The molecule has 0 aliphatic rings. The van der Waals surface area contributed by atoms with Gasteiger partial charge in [0.15, 0.2) is 5.78 Å². The smallest absolute Gasteiger partial charge is 0.193 e. The summed E-state index contributed by atoms with van der Waals surface area (Å²) in [5.41, 5.74) is 2.94. The maximum Gasteiger partial charge on any atom is 0.193 e. The predicted octanol–water partition coefficient (Wildman–Crippen LogP) is 5.21. The van der Waals surface area contributed by atoms with Gasteiger partial charge in [0.05, 0.1) is 0 Å². The highest BCUT2D eigenvalue weighted by atomic mass is 127. The summed E-state index contributed by atoms with van der Waals surface area (Å²) in [7, 11) is 0. The molecule has 0 unspecified atom stereocenters. The molecule has 0 aliphatic carbocycles. The number of halogens is 1. The second-order valence-electron chi connectivity index (χ2n) is 5.65. The van der Waals surface area contributed by atoms with Gasteiger partial charge in [0.25, 0.3) is 0 Å². The molecule has 0 saturated heterocycles. The lowest BCUT2D eigenvalue weighted by molar-refractivity contribution is 0.103. The van der Waals surface area contributed by atoms with Crippen LogP contribution in [0.3, 0.4) is 0 Å². The Balaban J connectivity index is 2.29. The Hall–Kier alpha value is -1.16. The van der Waals surface area contributed by atoms with Crippen LogP contribution in [0.15, 0.2) is 48.5 Å². The maximum atomic E-state index is 12.4. The number of carbonyl (C=O) groups excluding carboxylic acids is 1. The molecular formula is C18H19IO. The molecule has 0 bridgehead atoms. The number of carbonyl (C=O) groups is 1. The van der Waals surface area contributed by atoms with E-state index in [4.69, 9.17) is 0 Å². The summed E-state index contributed by atoms with van der Waals surface area (Å²) >= 11 is 2.23. The molecule has 2 aromatic rings. The number of hydrogen-bond donors (Lipinski definition) is 0. The molecule has 2 aromatic carbocycles. The second kappa shape index (κ2) is 6.08. The van der Waals surface area contributed by atoms with E-state index in [0.717, 1.165) is 21.1 Å². The molecule has 0 heterocycles. The third-order valence-electron chi connectivity index (χ3n) is 3.90. The van der Waals surface area contributed by atoms with Crippen molar-refractivity contribution < 1.29 is 4.79 Å². The average Bonchev–Trinajstić information content (AvgIpc) is 2.46. The Bertz CT molecular complexity index is 612.